The Labute approximate surface area is 177 Å². The molecule has 30 heavy (non-hydrogen) atoms. The lowest BCUT2D eigenvalue weighted by molar-refractivity contribution is 0.102. The minimum absolute atomic E-state index is 0. The normalized spacial score (nSPS) is 15.3. The Balaban J connectivity index is 0.00000272. The molecule has 4 rings (SSSR count). The van der Waals surface area contributed by atoms with Crippen LogP contribution in [0.3, 0.4) is 0 Å². The Bertz CT molecular complexity index is 1200. The molecule has 1 N–H and O–H groups in total. The van der Waals surface area contributed by atoms with E-state index in [0.717, 1.165) is 49.0 Å². The maximum absolute atomic E-state index is 13.0. The van der Waals surface area contributed by atoms with Crippen LogP contribution in [0, 0.1) is 0 Å². The summed E-state index contributed by atoms with van der Waals surface area (Å²) < 4.78 is 25.0. The minimum Gasteiger partial charge on any atom is -0.369 e. The van der Waals surface area contributed by atoms with Crippen molar-refractivity contribution in [3.8, 4) is 0 Å². The molecule has 1 aliphatic heterocycles. The Hall–Kier alpha value is -2.97. The first-order valence-electron chi connectivity index (χ1n) is 9.75. The van der Waals surface area contributed by atoms with Gasteiger partial charge < -0.3 is 15.1 Å². The summed E-state index contributed by atoms with van der Waals surface area (Å²) in [5.74, 6) is -0.461. The number of piperazine rings is 1. The summed E-state index contributed by atoms with van der Waals surface area (Å²) in [6.45, 7) is 3.44. The molecule has 158 valence electrons. The number of nitrogens with one attached hydrogen (secondary N) is 1. The van der Waals surface area contributed by atoms with E-state index in [0.29, 0.717) is 5.69 Å². The molecule has 0 atom stereocenters. The average Bonchev–Trinajstić information content (AvgIpc) is 2.73. The van der Waals surface area contributed by atoms with Crippen LogP contribution in [0.1, 0.15) is 11.8 Å². The number of sulfone groups is 1. The van der Waals surface area contributed by atoms with Gasteiger partial charge in [0, 0.05) is 51.1 Å². The number of nitrogens with zero attached hydrogens (tertiary/aromatic N) is 3. The predicted molar refractivity (Wildman–Crippen MR) is 121 cm³/mol. The molecule has 2 heterocycles. The number of anilines is 2. The zero-order chi connectivity index (χ0) is 21.3. The number of fused-ring (bicyclic) bond motifs is 1. The summed E-state index contributed by atoms with van der Waals surface area (Å²) in [6.07, 6.45) is 2.82. The number of pyridine rings is 1. The fourth-order valence-electron chi connectivity index (χ4n) is 3.67. The van der Waals surface area contributed by atoms with Crippen LogP contribution in [0.25, 0.3) is 10.9 Å². The third-order valence-corrected chi connectivity index (χ3v) is 6.51. The standard InChI is InChI=1S/C22H24N4O3S.H2/c1-25-11-13-26(14-12-25)16-8-9-18(21(15-16)30(2,28)29)22(27)24-20-7-3-6-19-17(20)5-4-10-23-19;/h3-10,15H,11-14H2,1-2H3,(H,24,27);1H. The molecule has 7 nitrogen and oxygen atoms in total. The van der Waals surface area contributed by atoms with Crippen molar-refractivity contribution in [1.29, 1.82) is 0 Å². The van der Waals surface area contributed by atoms with E-state index < -0.39 is 15.7 Å². The van der Waals surface area contributed by atoms with Crippen molar-refractivity contribution in [3.05, 3.63) is 60.3 Å². The number of amides is 1. The maximum Gasteiger partial charge on any atom is 0.257 e. The van der Waals surface area contributed by atoms with Crippen LogP contribution >= 0.6 is 0 Å². The number of hydrogen-bond donors (Lipinski definition) is 1. The molecule has 1 amide bonds. The lowest BCUT2D eigenvalue weighted by atomic mass is 10.1. The molecule has 0 aliphatic carbocycles. The largest absolute Gasteiger partial charge is 0.369 e. The van der Waals surface area contributed by atoms with E-state index in [-0.39, 0.29) is 11.9 Å². The molecule has 0 radical (unpaired) electrons. The van der Waals surface area contributed by atoms with Gasteiger partial charge in [0.15, 0.2) is 9.84 Å². The molecule has 0 unspecified atom stereocenters. The van der Waals surface area contributed by atoms with Crippen LogP contribution in [0.15, 0.2) is 59.6 Å². The van der Waals surface area contributed by atoms with Crippen LogP contribution in [0.5, 0.6) is 0 Å². The van der Waals surface area contributed by atoms with E-state index in [1.807, 2.05) is 18.2 Å². The van der Waals surface area contributed by atoms with Gasteiger partial charge in [0.05, 0.1) is 21.7 Å². The maximum atomic E-state index is 13.0. The van der Waals surface area contributed by atoms with E-state index in [1.54, 1.807) is 36.5 Å². The second-order valence-corrected chi connectivity index (χ2v) is 9.56. The van der Waals surface area contributed by atoms with Crippen molar-refractivity contribution in [2.45, 2.75) is 4.90 Å². The van der Waals surface area contributed by atoms with Gasteiger partial charge in [-0.05, 0) is 49.5 Å². The fourth-order valence-corrected chi connectivity index (χ4v) is 4.56. The summed E-state index contributed by atoms with van der Waals surface area (Å²) in [5.41, 5.74) is 2.29. The molecule has 2 aromatic carbocycles. The summed E-state index contributed by atoms with van der Waals surface area (Å²) in [6, 6.07) is 14.1. The zero-order valence-corrected chi connectivity index (χ0v) is 17.8. The molecular formula is C22H26N4O3S. The molecule has 3 aromatic rings. The first-order chi connectivity index (χ1) is 14.3. The molecule has 8 heteroatoms. The van der Waals surface area contributed by atoms with Crippen molar-refractivity contribution in [3.63, 3.8) is 0 Å². The van der Waals surface area contributed by atoms with Crippen LogP contribution in [0.2, 0.25) is 0 Å². The van der Waals surface area contributed by atoms with Crippen LogP contribution in [-0.4, -0.2) is 63.7 Å². The van der Waals surface area contributed by atoms with Crippen molar-refractivity contribution in [1.82, 2.24) is 9.88 Å². The topological polar surface area (TPSA) is 82.6 Å². The lowest BCUT2D eigenvalue weighted by Gasteiger charge is -2.34. The molecule has 0 bridgehead atoms. The first-order valence-corrected chi connectivity index (χ1v) is 11.6. The third kappa shape index (κ3) is 4.15. The molecule has 0 spiro atoms. The van der Waals surface area contributed by atoms with Crippen LogP contribution in [-0.2, 0) is 9.84 Å². The number of likely N-dealkylation sites (N-methyl/N-ethyl adjacent to an activating group) is 1. The Morgan fingerprint density at radius 1 is 1.07 bits per heavy atom. The van der Waals surface area contributed by atoms with Gasteiger partial charge in [-0.15, -0.1) is 0 Å². The SMILES string of the molecule is CN1CCN(c2ccc(C(=O)Nc3cccc4ncccc34)c(S(C)(=O)=O)c2)CC1.[HH]. The number of aromatic nitrogens is 1. The Kier molecular flexibility index (Phi) is 5.44. The highest BCUT2D eigenvalue weighted by atomic mass is 32.2. The van der Waals surface area contributed by atoms with Gasteiger partial charge in [-0.25, -0.2) is 8.42 Å². The second kappa shape index (κ2) is 8.04. The van der Waals surface area contributed by atoms with E-state index >= 15 is 0 Å². The average molecular weight is 427 g/mol. The first kappa shape index (κ1) is 20.3. The van der Waals surface area contributed by atoms with E-state index in [2.05, 4.69) is 27.1 Å². The number of benzene rings is 2. The number of rotatable bonds is 4. The van der Waals surface area contributed by atoms with Crippen molar-refractivity contribution in [2.75, 3.05) is 49.7 Å². The van der Waals surface area contributed by atoms with Gasteiger partial charge in [0.2, 0.25) is 0 Å². The molecular weight excluding hydrogens is 400 g/mol. The monoisotopic (exact) mass is 426 g/mol. The van der Waals surface area contributed by atoms with Gasteiger partial charge in [-0.3, -0.25) is 9.78 Å². The van der Waals surface area contributed by atoms with E-state index in [1.165, 1.54) is 0 Å². The highest BCUT2D eigenvalue weighted by molar-refractivity contribution is 7.90. The number of carbonyl (C=O) groups is 1. The highest BCUT2D eigenvalue weighted by Gasteiger charge is 2.23. The molecule has 1 fully saturated rings. The zero-order valence-electron chi connectivity index (χ0n) is 17.0. The quantitative estimate of drug-likeness (QED) is 0.691. The van der Waals surface area contributed by atoms with Crippen molar-refractivity contribution < 1.29 is 14.6 Å². The molecule has 0 saturated carbocycles. The lowest BCUT2D eigenvalue weighted by Crippen LogP contribution is -2.44. The minimum atomic E-state index is -3.60. The van der Waals surface area contributed by atoms with Crippen LogP contribution in [0.4, 0.5) is 11.4 Å². The van der Waals surface area contributed by atoms with Gasteiger partial charge in [0.25, 0.3) is 5.91 Å². The fraction of sp³-hybridized carbons (Fsp3) is 0.273. The second-order valence-electron chi connectivity index (χ2n) is 7.57. The Morgan fingerprint density at radius 2 is 1.83 bits per heavy atom. The van der Waals surface area contributed by atoms with Crippen LogP contribution < -0.4 is 10.2 Å². The molecule has 1 aliphatic rings. The summed E-state index contributed by atoms with van der Waals surface area (Å²) in [4.78, 5) is 21.7. The predicted octanol–water partition coefficient (Wildman–Crippen LogP) is 2.89. The number of carbonyl (C=O) groups excluding carboxylic acids is 1. The van der Waals surface area contributed by atoms with Gasteiger partial charge in [0.1, 0.15) is 0 Å². The smallest absolute Gasteiger partial charge is 0.257 e. The number of hydrogen-bond acceptors (Lipinski definition) is 6. The summed E-state index contributed by atoms with van der Waals surface area (Å²) in [7, 11) is -1.53. The van der Waals surface area contributed by atoms with Gasteiger partial charge >= 0.3 is 0 Å². The summed E-state index contributed by atoms with van der Waals surface area (Å²) in [5, 5.41) is 3.65. The molecule has 1 aromatic heterocycles. The Morgan fingerprint density at radius 3 is 2.57 bits per heavy atom. The molecule has 1 saturated heterocycles. The van der Waals surface area contributed by atoms with Crippen molar-refractivity contribution >= 4 is 38.0 Å². The van der Waals surface area contributed by atoms with Gasteiger partial charge in [-0.2, -0.15) is 0 Å². The van der Waals surface area contributed by atoms with Gasteiger partial charge in [-0.1, -0.05) is 6.07 Å². The summed E-state index contributed by atoms with van der Waals surface area (Å²) >= 11 is 0. The highest BCUT2D eigenvalue weighted by Crippen LogP contribution is 2.27. The van der Waals surface area contributed by atoms with Crippen molar-refractivity contribution in [2.24, 2.45) is 0 Å². The van der Waals surface area contributed by atoms with E-state index in [9.17, 15) is 13.2 Å². The van der Waals surface area contributed by atoms with E-state index in [4.69, 9.17) is 0 Å². The third-order valence-electron chi connectivity index (χ3n) is 5.37.